The van der Waals surface area contributed by atoms with Crippen LogP contribution in [0.15, 0.2) is 47.6 Å². The summed E-state index contributed by atoms with van der Waals surface area (Å²) in [7, 11) is 0. The van der Waals surface area contributed by atoms with Crippen LogP contribution in [0.4, 0.5) is 0 Å². The van der Waals surface area contributed by atoms with Crippen molar-refractivity contribution in [2.24, 2.45) is 0 Å². The Morgan fingerprint density at radius 1 is 1.06 bits per heavy atom. The molecule has 0 aromatic rings. The second-order valence-corrected chi connectivity index (χ2v) is 13.3. The fourth-order valence-corrected chi connectivity index (χ4v) is 1.38. The Kier molecular flexibility index (Phi) is 9.40. The molecule has 0 heterocycles. The van der Waals surface area contributed by atoms with Gasteiger partial charge in [-0.25, -0.2) is 0 Å². The molecule has 0 aliphatic heterocycles. The number of hydrogen-bond acceptors (Lipinski definition) is 0. The first kappa shape index (κ1) is 16.2. The smallest absolute Gasteiger partial charge is 1.00 e. The van der Waals surface area contributed by atoms with Crippen LogP contribution in [-0.4, -0.2) is 5.43 Å². The molecule has 0 spiro atoms. The first-order chi connectivity index (χ1) is 7.18. The summed E-state index contributed by atoms with van der Waals surface area (Å²) >= 11 is 1.74. The molecule has 2 rings (SSSR count). The van der Waals surface area contributed by atoms with E-state index in [4.69, 9.17) is 0 Å². The van der Waals surface area contributed by atoms with Gasteiger partial charge in [-0.05, 0) is 12.8 Å². The minimum absolute atomic E-state index is 0. The molecule has 0 nitrogen and oxygen atoms in total. The zero-order valence-corrected chi connectivity index (χ0v) is 14.0. The average molecular weight is 328 g/mol. The standard InChI is InChI=1S/C11H11.C2H6Si.ClH.Zr/c1-2-6-10(5-1)9-11-7-3-4-8-11;1-3-2;;/h1-5,7,9H,6,8H2;1-2H3;1H;/q-1;;;/p-1. The van der Waals surface area contributed by atoms with Gasteiger partial charge in [0.05, 0.1) is 0 Å². The fraction of sp³-hybridized carbons (Fsp3) is 0.308. The van der Waals surface area contributed by atoms with Crippen molar-refractivity contribution in [3.8, 4) is 0 Å². The van der Waals surface area contributed by atoms with E-state index in [0.717, 1.165) is 12.8 Å². The Hall–Kier alpha value is 0.220. The van der Waals surface area contributed by atoms with E-state index in [9.17, 15) is 0 Å². The van der Waals surface area contributed by atoms with Gasteiger partial charge in [-0.3, -0.25) is 0 Å². The summed E-state index contributed by atoms with van der Waals surface area (Å²) in [6, 6.07) is 0. The van der Waals surface area contributed by atoms with Crippen LogP contribution in [0.2, 0.25) is 13.1 Å². The third-order valence-corrected chi connectivity index (χ3v) is 1.97. The molecule has 3 heteroatoms. The Labute approximate surface area is 120 Å². The van der Waals surface area contributed by atoms with Gasteiger partial charge in [-0.15, -0.1) is 12.2 Å². The van der Waals surface area contributed by atoms with Crippen LogP contribution in [0, 0.1) is 6.42 Å². The van der Waals surface area contributed by atoms with Crippen molar-refractivity contribution in [3.05, 3.63) is 54.0 Å². The van der Waals surface area contributed by atoms with Crippen molar-refractivity contribution in [1.29, 1.82) is 0 Å². The maximum absolute atomic E-state index is 2.31. The van der Waals surface area contributed by atoms with E-state index in [2.05, 4.69) is 56.0 Å². The molecule has 0 amide bonds. The van der Waals surface area contributed by atoms with Gasteiger partial charge >= 0.3 is 41.9 Å². The molecule has 0 fully saturated rings. The van der Waals surface area contributed by atoms with E-state index in [1.165, 1.54) is 11.1 Å². The zero-order valence-electron chi connectivity index (χ0n) is 9.83. The molecule has 0 aromatic carbocycles. The van der Waals surface area contributed by atoms with Crippen molar-refractivity contribution in [2.45, 2.75) is 25.9 Å². The van der Waals surface area contributed by atoms with Crippen molar-refractivity contribution in [3.63, 3.8) is 0 Å². The van der Waals surface area contributed by atoms with Crippen LogP contribution >= 0.6 is 0 Å². The first-order valence-corrected chi connectivity index (χ1v) is 11.4. The normalized spacial score (nSPS) is 15.6. The third-order valence-electron chi connectivity index (χ3n) is 1.97. The molecule has 16 heavy (non-hydrogen) atoms. The monoisotopic (exact) mass is 326 g/mol. The van der Waals surface area contributed by atoms with Gasteiger partial charge in [0.2, 0.25) is 0 Å². The van der Waals surface area contributed by atoms with Crippen LogP contribution < -0.4 is 12.4 Å². The number of allylic oxidation sites excluding steroid dienone is 8. The van der Waals surface area contributed by atoms with Crippen molar-refractivity contribution < 1.29 is 35.7 Å². The van der Waals surface area contributed by atoms with Gasteiger partial charge in [0.15, 0.2) is 0 Å². The van der Waals surface area contributed by atoms with Crippen molar-refractivity contribution in [2.75, 3.05) is 0 Å². The Morgan fingerprint density at radius 3 is 1.69 bits per heavy atom. The Bertz CT molecular complexity index is 319. The second kappa shape index (κ2) is 9.27. The summed E-state index contributed by atoms with van der Waals surface area (Å²) in [5.74, 6) is 0. The molecule has 0 unspecified atom stereocenters. The van der Waals surface area contributed by atoms with Crippen LogP contribution in [0.3, 0.4) is 0 Å². The molecule has 86 valence electrons. The molecule has 0 N–H and O–H groups in total. The molecule has 0 saturated carbocycles. The summed E-state index contributed by atoms with van der Waals surface area (Å²) in [5, 5.41) is 0. The van der Waals surface area contributed by atoms with E-state index in [1.54, 1.807) is 23.3 Å². The molecule has 0 aromatic heterocycles. The Balaban J connectivity index is 0.000000397. The van der Waals surface area contributed by atoms with Gasteiger partial charge in [0.1, 0.15) is 0 Å². The maximum Gasteiger partial charge on any atom is -1.00 e. The maximum atomic E-state index is 2.31. The SMILES string of the molecule is C1=CCC([CH-]C2=CC=CC2)=C1.C[Si](C)=[Zr].[Cl-]. The van der Waals surface area contributed by atoms with E-state index < -0.39 is 0 Å². The molecule has 2 aliphatic rings. The van der Waals surface area contributed by atoms with Crippen LogP contribution in [0.5, 0.6) is 0 Å². The molecular weight excluding hydrogens is 311 g/mol. The van der Waals surface area contributed by atoms with E-state index in [-0.39, 0.29) is 17.8 Å². The minimum Gasteiger partial charge on any atom is -1.00 e. The van der Waals surface area contributed by atoms with Crippen LogP contribution in [0.1, 0.15) is 12.8 Å². The van der Waals surface area contributed by atoms with E-state index in [0.29, 0.717) is 0 Å². The number of halogens is 1. The van der Waals surface area contributed by atoms with Gasteiger partial charge in [-0.2, -0.15) is 29.7 Å². The minimum atomic E-state index is 0. The quantitative estimate of drug-likeness (QED) is 0.519. The molecular formula is C13H17ClSiZr-2. The topological polar surface area (TPSA) is 0 Å². The van der Waals surface area contributed by atoms with Gasteiger partial charge in [0, 0.05) is 0 Å². The average Bonchev–Trinajstić information content (AvgIpc) is 2.76. The summed E-state index contributed by atoms with van der Waals surface area (Å²) < 4.78 is 0. The number of rotatable bonds is 2. The van der Waals surface area contributed by atoms with E-state index >= 15 is 0 Å². The second-order valence-electron chi connectivity index (χ2n) is 3.89. The third kappa shape index (κ3) is 7.49. The van der Waals surface area contributed by atoms with Crippen LogP contribution in [-0.2, 0) is 23.3 Å². The predicted octanol–water partition coefficient (Wildman–Crippen LogP) is 0.752. The largest absolute Gasteiger partial charge is 1.00 e. The van der Waals surface area contributed by atoms with Crippen molar-refractivity contribution >= 4 is 5.43 Å². The predicted molar refractivity (Wildman–Crippen MR) is 65.5 cm³/mol. The summed E-state index contributed by atoms with van der Waals surface area (Å²) in [6.45, 7) is 4.62. The van der Waals surface area contributed by atoms with Gasteiger partial charge < -0.3 is 12.4 Å². The van der Waals surface area contributed by atoms with Gasteiger partial charge in [0.25, 0.3) is 0 Å². The fourth-order valence-electron chi connectivity index (χ4n) is 1.38. The zero-order chi connectivity index (χ0) is 11.1. The Morgan fingerprint density at radius 2 is 1.44 bits per heavy atom. The molecule has 0 atom stereocenters. The molecule has 0 radical (unpaired) electrons. The van der Waals surface area contributed by atoms with E-state index in [1.807, 2.05) is 0 Å². The van der Waals surface area contributed by atoms with Gasteiger partial charge in [-0.1, -0.05) is 12.2 Å². The van der Waals surface area contributed by atoms with Crippen molar-refractivity contribution in [1.82, 2.24) is 0 Å². The summed E-state index contributed by atoms with van der Waals surface area (Å²) in [6.07, 6.45) is 17.5. The molecule has 0 saturated heterocycles. The summed E-state index contributed by atoms with van der Waals surface area (Å²) in [4.78, 5) is 0. The number of hydrogen-bond donors (Lipinski definition) is 0. The summed E-state index contributed by atoms with van der Waals surface area (Å²) in [5.41, 5.74) is 3.07. The molecule has 0 bridgehead atoms. The first-order valence-electron chi connectivity index (χ1n) is 5.26. The van der Waals surface area contributed by atoms with Crippen LogP contribution in [0.25, 0.3) is 0 Å². The molecule has 2 aliphatic carbocycles.